The maximum Gasteiger partial charge on any atom is 0.416 e. The molecule has 4 nitrogen and oxygen atoms in total. The van der Waals surface area contributed by atoms with Crippen molar-refractivity contribution in [3.8, 4) is 22.7 Å². The summed E-state index contributed by atoms with van der Waals surface area (Å²) < 4.78 is 73.7. The SMILES string of the molecule is Cc1ccc(S(=O)(=O)C(c2ccccc2)c2oc(-c3ccc(C(F)(F)F)cc3)nc2-c2ccccc2)cc1. The van der Waals surface area contributed by atoms with Crippen LogP contribution in [0.3, 0.4) is 0 Å². The molecule has 0 bridgehead atoms. The van der Waals surface area contributed by atoms with Gasteiger partial charge in [-0.25, -0.2) is 13.4 Å². The van der Waals surface area contributed by atoms with Gasteiger partial charge in [0, 0.05) is 11.1 Å². The molecule has 0 N–H and O–H groups in total. The Bertz CT molecular complexity index is 1640. The largest absolute Gasteiger partial charge is 0.439 e. The molecule has 38 heavy (non-hydrogen) atoms. The summed E-state index contributed by atoms with van der Waals surface area (Å²) in [5, 5.41) is -1.25. The minimum atomic E-state index is -4.49. The Morgan fingerprint density at radius 2 is 1.32 bits per heavy atom. The van der Waals surface area contributed by atoms with Gasteiger partial charge in [0.05, 0.1) is 10.5 Å². The van der Waals surface area contributed by atoms with E-state index in [1.807, 2.05) is 13.0 Å². The average molecular weight is 534 g/mol. The summed E-state index contributed by atoms with van der Waals surface area (Å²) in [4.78, 5) is 4.71. The molecule has 1 atom stereocenters. The first kappa shape index (κ1) is 25.5. The van der Waals surface area contributed by atoms with Crippen molar-refractivity contribution in [1.82, 2.24) is 4.98 Å². The van der Waals surface area contributed by atoms with E-state index < -0.39 is 26.8 Å². The molecule has 0 aliphatic heterocycles. The van der Waals surface area contributed by atoms with E-state index in [2.05, 4.69) is 4.98 Å². The van der Waals surface area contributed by atoms with Crippen molar-refractivity contribution < 1.29 is 26.0 Å². The molecule has 0 spiro atoms. The minimum Gasteiger partial charge on any atom is -0.439 e. The van der Waals surface area contributed by atoms with E-state index in [1.54, 1.807) is 78.9 Å². The first-order valence-corrected chi connectivity index (χ1v) is 13.3. The number of sulfone groups is 1. The van der Waals surface area contributed by atoms with Crippen molar-refractivity contribution in [2.45, 2.75) is 23.2 Å². The summed E-state index contributed by atoms with van der Waals surface area (Å²) in [6, 6.07) is 28.6. The summed E-state index contributed by atoms with van der Waals surface area (Å²) in [5.74, 6) is 0.102. The molecule has 5 rings (SSSR count). The zero-order chi connectivity index (χ0) is 26.9. The number of oxazole rings is 1. The molecule has 4 aromatic carbocycles. The van der Waals surface area contributed by atoms with Gasteiger partial charge in [-0.2, -0.15) is 13.2 Å². The van der Waals surface area contributed by atoms with Crippen LogP contribution in [0.4, 0.5) is 13.2 Å². The predicted molar refractivity (Wildman–Crippen MR) is 139 cm³/mol. The topological polar surface area (TPSA) is 60.2 Å². The Hall–Kier alpha value is -4.17. The molecule has 0 aliphatic rings. The summed E-state index contributed by atoms with van der Waals surface area (Å²) in [5.41, 5.74) is 1.78. The smallest absolute Gasteiger partial charge is 0.416 e. The molecular weight excluding hydrogens is 511 g/mol. The van der Waals surface area contributed by atoms with E-state index in [-0.39, 0.29) is 16.5 Å². The number of benzene rings is 4. The summed E-state index contributed by atoms with van der Waals surface area (Å²) in [6.07, 6.45) is -4.49. The van der Waals surface area contributed by atoms with Gasteiger partial charge in [0.25, 0.3) is 0 Å². The number of hydrogen-bond acceptors (Lipinski definition) is 4. The molecule has 192 valence electrons. The minimum absolute atomic E-state index is 0.0209. The van der Waals surface area contributed by atoms with E-state index >= 15 is 0 Å². The van der Waals surface area contributed by atoms with Gasteiger partial charge in [0.15, 0.2) is 20.8 Å². The molecule has 5 aromatic rings. The maximum atomic E-state index is 14.1. The van der Waals surface area contributed by atoms with Crippen LogP contribution in [0.2, 0.25) is 0 Å². The fraction of sp³-hybridized carbons (Fsp3) is 0.100. The van der Waals surface area contributed by atoms with Crippen LogP contribution in [-0.4, -0.2) is 13.4 Å². The van der Waals surface area contributed by atoms with Crippen molar-refractivity contribution >= 4 is 9.84 Å². The zero-order valence-electron chi connectivity index (χ0n) is 20.2. The van der Waals surface area contributed by atoms with Gasteiger partial charge >= 0.3 is 6.18 Å². The Morgan fingerprint density at radius 1 is 0.737 bits per heavy atom. The zero-order valence-corrected chi connectivity index (χ0v) is 21.0. The van der Waals surface area contributed by atoms with Crippen molar-refractivity contribution in [3.05, 3.63) is 132 Å². The molecule has 0 saturated carbocycles. The normalized spacial score (nSPS) is 12.8. The number of halogens is 3. The van der Waals surface area contributed by atoms with Gasteiger partial charge < -0.3 is 4.42 Å². The number of aromatic nitrogens is 1. The quantitative estimate of drug-likeness (QED) is 0.223. The number of alkyl halides is 3. The lowest BCUT2D eigenvalue weighted by molar-refractivity contribution is -0.137. The lowest BCUT2D eigenvalue weighted by Crippen LogP contribution is -2.15. The molecule has 0 aliphatic carbocycles. The number of nitrogens with zero attached hydrogens (tertiary/aromatic N) is 1. The molecule has 0 radical (unpaired) electrons. The molecule has 0 amide bonds. The summed E-state index contributed by atoms with van der Waals surface area (Å²) >= 11 is 0. The molecular formula is C30H22F3NO3S. The fourth-order valence-corrected chi connectivity index (χ4v) is 5.95. The summed E-state index contributed by atoms with van der Waals surface area (Å²) in [7, 11) is -4.03. The third-order valence-corrected chi connectivity index (χ3v) is 8.20. The maximum absolute atomic E-state index is 14.1. The lowest BCUT2D eigenvalue weighted by Gasteiger charge is -2.18. The molecule has 0 fully saturated rings. The van der Waals surface area contributed by atoms with E-state index in [1.165, 1.54) is 12.1 Å². The van der Waals surface area contributed by atoms with Crippen molar-refractivity contribution in [2.24, 2.45) is 0 Å². The van der Waals surface area contributed by atoms with Gasteiger partial charge in [0.2, 0.25) is 5.89 Å². The first-order chi connectivity index (χ1) is 18.1. The number of aryl methyl sites for hydroxylation is 1. The lowest BCUT2D eigenvalue weighted by atomic mass is 10.0. The second-order valence-corrected chi connectivity index (χ2v) is 10.9. The molecule has 0 saturated heterocycles. The van der Waals surface area contributed by atoms with Gasteiger partial charge in [-0.1, -0.05) is 78.4 Å². The van der Waals surface area contributed by atoms with Crippen molar-refractivity contribution in [3.63, 3.8) is 0 Å². The van der Waals surface area contributed by atoms with E-state index in [4.69, 9.17) is 4.42 Å². The third kappa shape index (κ3) is 4.99. The van der Waals surface area contributed by atoms with Crippen LogP contribution in [0.15, 0.2) is 119 Å². The van der Waals surface area contributed by atoms with Crippen LogP contribution in [0.25, 0.3) is 22.7 Å². The van der Waals surface area contributed by atoms with Crippen molar-refractivity contribution in [1.29, 1.82) is 0 Å². The Morgan fingerprint density at radius 3 is 1.89 bits per heavy atom. The van der Waals surface area contributed by atoms with Gasteiger partial charge in [0.1, 0.15) is 5.69 Å². The first-order valence-electron chi connectivity index (χ1n) is 11.7. The third-order valence-electron chi connectivity index (χ3n) is 6.16. The van der Waals surface area contributed by atoms with E-state index in [0.29, 0.717) is 22.4 Å². The Kier molecular flexibility index (Phi) is 6.67. The average Bonchev–Trinajstić information content (AvgIpc) is 3.34. The Balaban J connectivity index is 1.73. The molecule has 1 unspecified atom stereocenters. The van der Waals surface area contributed by atoms with Crippen molar-refractivity contribution in [2.75, 3.05) is 0 Å². The highest BCUT2D eigenvalue weighted by Crippen LogP contribution is 2.42. The molecule has 1 aromatic heterocycles. The highest BCUT2D eigenvalue weighted by molar-refractivity contribution is 7.91. The van der Waals surface area contributed by atoms with Crippen LogP contribution >= 0.6 is 0 Å². The molecule has 8 heteroatoms. The van der Waals surface area contributed by atoms with Gasteiger partial charge in [-0.15, -0.1) is 0 Å². The van der Waals surface area contributed by atoms with Gasteiger partial charge in [-0.3, -0.25) is 0 Å². The van der Waals surface area contributed by atoms with E-state index in [9.17, 15) is 21.6 Å². The Labute approximate surface area is 218 Å². The molecule has 1 heterocycles. The van der Waals surface area contributed by atoms with Crippen LogP contribution in [-0.2, 0) is 16.0 Å². The van der Waals surface area contributed by atoms with Crippen LogP contribution in [0, 0.1) is 6.92 Å². The highest BCUT2D eigenvalue weighted by atomic mass is 32.2. The fourth-order valence-electron chi connectivity index (χ4n) is 4.20. The standard InChI is InChI=1S/C30H22F3NO3S/c1-20-12-18-25(19-13-20)38(35,36)28(22-10-6-3-7-11-22)27-26(21-8-4-2-5-9-21)34-29(37-27)23-14-16-24(17-15-23)30(31,32)33/h2-19,28H,1H3. The number of hydrogen-bond donors (Lipinski definition) is 0. The van der Waals surface area contributed by atoms with Crippen LogP contribution < -0.4 is 0 Å². The summed E-state index contributed by atoms with van der Waals surface area (Å²) in [6.45, 7) is 1.87. The van der Waals surface area contributed by atoms with E-state index in [0.717, 1.165) is 17.7 Å². The second-order valence-electron chi connectivity index (χ2n) is 8.82. The monoisotopic (exact) mass is 533 g/mol. The second kappa shape index (κ2) is 9.95. The number of rotatable bonds is 6. The highest BCUT2D eigenvalue weighted by Gasteiger charge is 2.37. The van der Waals surface area contributed by atoms with Gasteiger partial charge in [-0.05, 0) is 48.9 Å². The van der Waals surface area contributed by atoms with Crippen LogP contribution in [0.1, 0.15) is 27.7 Å². The predicted octanol–water partition coefficient (Wildman–Crippen LogP) is 7.90. The van der Waals surface area contributed by atoms with Crippen LogP contribution in [0.5, 0.6) is 0 Å².